The minimum absolute atomic E-state index is 0.402. The zero-order valence-corrected chi connectivity index (χ0v) is 11.3. The molecule has 2 heteroatoms. The first kappa shape index (κ1) is 10.5. The summed E-state index contributed by atoms with van der Waals surface area (Å²) in [4.78, 5) is 0. The molecule has 96 valence electrons. The monoisotopic (exact) mass is 279 g/mol. The van der Waals surface area contributed by atoms with Crippen molar-refractivity contribution in [2.45, 2.75) is 0 Å². The van der Waals surface area contributed by atoms with E-state index in [0.29, 0.717) is 16.6 Å². The Balaban J connectivity index is 2.14. The number of furan rings is 1. The molecule has 0 radical (unpaired) electrons. The van der Waals surface area contributed by atoms with Crippen LogP contribution in [-0.4, -0.2) is 0 Å². The van der Waals surface area contributed by atoms with Crippen LogP contribution in [0, 0.1) is 0 Å². The van der Waals surface area contributed by atoms with Gasteiger partial charge < -0.3 is 4.42 Å². The average Bonchev–Trinajstić information content (AvgIpc) is 2.90. The third kappa shape index (κ3) is 1.71. The molecule has 20 heavy (non-hydrogen) atoms. The van der Waals surface area contributed by atoms with Crippen LogP contribution in [-0.2, 0) is 0 Å². The average molecular weight is 280 g/mol. The Kier molecular flexibility index (Phi) is 2.31. The second kappa shape index (κ2) is 4.39. The largest absolute Gasteiger partial charge is 0.456 e. The highest BCUT2D eigenvalue weighted by atomic mass is 35.5. The van der Waals surface area contributed by atoms with Gasteiger partial charge in [-0.05, 0) is 35.4 Å². The molecule has 0 spiro atoms. The van der Waals surface area contributed by atoms with Gasteiger partial charge >= 0.3 is 0 Å². The van der Waals surface area contributed by atoms with Crippen LogP contribution in [0.2, 0.25) is 5.02 Å². The van der Waals surface area contributed by atoms with Crippen molar-refractivity contribution in [3.05, 3.63) is 71.7 Å². The Morgan fingerprint density at radius 2 is 1.65 bits per heavy atom. The van der Waals surface area contributed by atoms with Crippen LogP contribution >= 0.6 is 11.6 Å². The Bertz CT molecular complexity index is 954. The van der Waals surface area contributed by atoms with Crippen molar-refractivity contribution in [2.75, 3.05) is 0 Å². The molecule has 1 aromatic heterocycles. The maximum absolute atomic E-state index is 8.07. The van der Waals surface area contributed by atoms with E-state index in [1.807, 2.05) is 54.6 Å². The summed E-state index contributed by atoms with van der Waals surface area (Å²) in [6.07, 6.45) is 0. The van der Waals surface area contributed by atoms with E-state index >= 15 is 0 Å². The molecule has 3 aromatic carbocycles. The molecule has 0 unspecified atom stereocenters. The molecule has 0 amide bonds. The number of fused-ring (bicyclic) bond motifs is 3. The quantitative estimate of drug-likeness (QED) is 0.422. The topological polar surface area (TPSA) is 13.1 Å². The lowest BCUT2D eigenvalue weighted by molar-refractivity contribution is 0.669. The standard InChI is InChI=1S/C18H11ClO/c19-13-10-8-12(9-11-13)14-5-3-7-17-18(14)15-4-1-2-6-16(15)20-17/h1-11H/i7D. The first-order valence-corrected chi connectivity index (χ1v) is 6.78. The molecule has 0 N–H and O–H groups in total. The van der Waals surface area contributed by atoms with Crippen LogP contribution in [0.4, 0.5) is 0 Å². The van der Waals surface area contributed by atoms with Crippen molar-refractivity contribution < 1.29 is 5.79 Å². The lowest BCUT2D eigenvalue weighted by atomic mass is 10.00. The number of rotatable bonds is 1. The maximum atomic E-state index is 8.07. The van der Waals surface area contributed by atoms with Crippen molar-refractivity contribution in [2.24, 2.45) is 0 Å². The SMILES string of the molecule is [2H]c1ccc(-c2ccc(Cl)cc2)c2c1oc1ccccc12. The molecule has 4 rings (SSSR count). The highest BCUT2D eigenvalue weighted by molar-refractivity contribution is 6.30. The van der Waals surface area contributed by atoms with Crippen LogP contribution in [0.15, 0.2) is 71.1 Å². The van der Waals surface area contributed by atoms with Crippen molar-refractivity contribution in [3.63, 3.8) is 0 Å². The van der Waals surface area contributed by atoms with E-state index in [1.54, 1.807) is 6.07 Å². The molecule has 4 aromatic rings. The number of para-hydroxylation sites is 1. The number of benzene rings is 3. The van der Waals surface area contributed by atoms with Gasteiger partial charge in [-0.1, -0.05) is 54.1 Å². The predicted octanol–water partition coefficient (Wildman–Crippen LogP) is 5.91. The lowest BCUT2D eigenvalue weighted by Gasteiger charge is -2.03. The van der Waals surface area contributed by atoms with Gasteiger partial charge in [0.05, 0.1) is 1.37 Å². The molecular weight excluding hydrogens is 268 g/mol. The Labute approximate surface area is 122 Å². The Morgan fingerprint density at radius 3 is 2.50 bits per heavy atom. The van der Waals surface area contributed by atoms with Gasteiger partial charge in [0.2, 0.25) is 0 Å². The minimum Gasteiger partial charge on any atom is -0.456 e. The van der Waals surface area contributed by atoms with Gasteiger partial charge in [-0.3, -0.25) is 0 Å². The third-order valence-corrected chi connectivity index (χ3v) is 3.74. The summed E-state index contributed by atoms with van der Waals surface area (Å²) < 4.78 is 13.9. The molecule has 0 aliphatic rings. The van der Waals surface area contributed by atoms with Crippen molar-refractivity contribution in [3.8, 4) is 11.1 Å². The van der Waals surface area contributed by atoms with E-state index in [-0.39, 0.29) is 0 Å². The second-order valence-electron chi connectivity index (χ2n) is 4.70. The molecule has 0 fully saturated rings. The minimum atomic E-state index is 0.402. The molecule has 0 atom stereocenters. The van der Waals surface area contributed by atoms with Gasteiger partial charge in [-0.15, -0.1) is 0 Å². The summed E-state index contributed by atoms with van der Waals surface area (Å²) in [5, 5.41) is 2.73. The van der Waals surface area contributed by atoms with Gasteiger partial charge in [-0.25, -0.2) is 0 Å². The molecule has 0 aliphatic heterocycles. The fourth-order valence-corrected chi connectivity index (χ4v) is 2.69. The normalized spacial score (nSPS) is 11.9. The smallest absolute Gasteiger partial charge is 0.136 e. The third-order valence-electron chi connectivity index (χ3n) is 3.48. The van der Waals surface area contributed by atoms with Crippen molar-refractivity contribution >= 4 is 33.5 Å². The molecule has 0 bridgehead atoms. The summed E-state index contributed by atoms with van der Waals surface area (Å²) >= 11 is 5.97. The summed E-state index contributed by atoms with van der Waals surface area (Å²) in [5.41, 5.74) is 3.56. The van der Waals surface area contributed by atoms with Gasteiger partial charge in [0, 0.05) is 15.8 Å². The van der Waals surface area contributed by atoms with Crippen LogP contribution in [0.3, 0.4) is 0 Å². The fraction of sp³-hybridized carbons (Fsp3) is 0. The molecule has 1 nitrogen and oxygen atoms in total. The van der Waals surface area contributed by atoms with E-state index < -0.39 is 0 Å². The zero-order valence-electron chi connectivity index (χ0n) is 11.6. The predicted molar refractivity (Wildman–Crippen MR) is 84.2 cm³/mol. The van der Waals surface area contributed by atoms with Crippen molar-refractivity contribution in [1.29, 1.82) is 0 Å². The van der Waals surface area contributed by atoms with E-state index in [9.17, 15) is 0 Å². The van der Waals surface area contributed by atoms with E-state index in [0.717, 1.165) is 27.5 Å². The van der Waals surface area contributed by atoms with Gasteiger partial charge in [0.25, 0.3) is 0 Å². The first-order valence-electron chi connectivity index (χ1n) is 6.91. The van der Waals surface area contributed by atoms with Gasteiger partial charge in [0.15, 0.2) is 0 Å². The highest BCUT2D eigenvalue weighted by Gasteiger charge is 2.11. The number of hydrogen-bond donors (Lipinski definition) is 0. The number of halogens is 1. The summed E-state index contributed by atoms with van der Waals surface area (Å²) in [6, 6.07) is 19.8. The van der Waals surface area contributed by atoms with Crippen LogP contribution in [0.5, 0.6) is 0 Å². The first-order chi connectivity index (χ1) is 10.2. The Morgan fingerprint density at radius 1 is 0.850 bits per heavy atom. The molecule has 0 saturated heterocycles. The highest BCUT2D eigenvalue weighted by Crippen LogP contribution is 2.36. The van der Waals surface area contributed by atoms with Crippen LogP contribution in [0.25, 0.3) is 33.1 Å². The van der Waals surface area contributed by atoms with Gasteiger partial charge in [-0.2, -0.15) is 0 Å². The molecule has 0 aliphatic carbocycles. The summed E-state index contributed by atoms with van der Waals surface area (Å²) in [6.45, 7) is 0. The summed E-state index contributed by atoms with van der Waals surface area (Å²) in [5.74, 6) is 0. The number of hydrogen-bond acceptors (Lipinski definition) is 1. The van der Waals surface area contributed by atoms with Crippen molar-refractivity contribution in [1.82, 2.24) is 0 Å². The molecule has 0 saturated carbocycles. The van der Waals surface area contributed by atoms with E-state index in [2.05, 4.69) is 0 Å². The van der Waals surface area contributed by atoms with E-state index in [4.69, 9.17) is 17.4 Å². The Hall–Kier alpha value is -2.25. The fourth-order valence-electron chi connectivity index (χ4n) is 2.57. The lowest BCUT2D eigenvalue weighted by Crippen LogP contribution is -1.79. The van der Waals surface area contributed by atoms with Gasteiger partial charge in [0.1, 0.15) is 11.2 Å². The summed E-state index contributed by atoms with van der Waals surface area (Å²) in [7, 11) is 0. The maximum Gasteiger partial charge on any atom is 0.136 e. The zero-order chi connectivity index (χ0) is 14.4. The molecular formula is C18H11ClO. The van der Waals surface area contributed by atoms with Crippen LogP contribution < -0.4 is 0 Å². The second-order valence-corrected chi connectivity index (χ2v) is 5.14. The van der Waals surface area contributed by atoms with E-state index in [1.165, 1.54) is 0 Å². The molecule has 1 heterocycles. The van der Waals surface area contributed by atoms with Crippen LogP contribution in [0.1, 0.15) is 1.37 Å².